The van der Waals surface area contributed by atoms with Crippen LogP contribution in [0, 0.1) is 18.8 Å². The molecule has 8 nitrogen and oxygen atoms in total. The van der Waals surface area contributed by atoms with Crippen LogP contribution < -0.4 is 25.0 Å². The lowest BCUT2D eigenvalue weighted by molar-refractivity contribution is -0.130. The summed E-state index contributed by atoms with van der Waals surface area (Å²) in [5, 5.41) is 6.96. The Bertz CT molecular complexity index is 1530. The van der Waals surface area contributed by atoms with Crippen molar-refractivity contribution in [3.05, 3.63) is 82.4 Å². The second-order valence-corrected chi connectivity index (χ2v) is 10.5. The van der Waals surface area contributed by atoms with E-state index in [1.165, 1.54) is 4.90 Å². The number of anilines is 2. The zero-order valence-electron chi connectivity index (χ0n) is 20.5. The first-order chi connectivity index (χ1) is 18.4. The molecule has 2 saturated heterocycles. The summed E-state index contributed by atoms with van der Waals surface area (Å²) >= 11 is 6.37. The SMILES string of the molecule is Cc1c(Cl)ccc2c1NC(=O)[C@@]21N[C@@H](Cc2ccccc2)[C@H]2C(=O)N(c3ccc4c(c3)OCCO4)C(=O)[C@@H]21. The number of benzene rings is 3. The minimum absolute atomic E-state index is 0.339. The van der Waals surface area contributed by atoms with Crippen LogP contribution in [-0.2, 0) is 26.3 Å². The van der Waals surface area contributed by atoms with Gasteiger partial charge in [0.05, 0.1) is 23.2 Å². The molecule has 0 aliphatic carbocycles. The van der Waals surface area contributed by atoms with E-state index in [0.29, 0.717) is 53.1 Å². The van der Waals surface area contributed by atoms with E-state index < -0.39 is 29.3 Å². The van der Waals surface area contributed by atoms with Crippen LogP contribution >= 0.6 is 11.6 Å². The number of rotatable bonds is 3. The molecule has 2 N–H and O–H groups in total. The van der Waals surface area contributed by atoms with E-state index >= 15 is 0 Å². The number of imide groups is 1. The molecule has 4 atom stereocenters. The zero-order valence-corrected chi connectivity index (χ0v) is 21.2. The summed E-state index contributed by atoms with van der Waals surface area (Å²) in [5.41, 5.74) is 1.96. The highest BCUT2D eigenvalue weighted by Crippen LogP contribution is 2.55. The number of halogens is 1. The lowest BCUT2D eigenvalue weighted by Crippen LogP contribution is -2.53. The number of ether oxygens (including phenoxy) is 2. The van der Waals surface area contributed by atoms with Crippen molar-refractivity contribution in [2.24, 2.45) is 11.8 Å². The molecule has 192 valence electrons. The molecule has 4 aliphatic heterocycles. The van der Waals surface area contributed by atoms with Crippen LogP contribution in [0.15, 0.2) is 60.7 Å². The zero-order chi connectivity index (χ0) is 26.2. The van der Waals surface area contributed by atoms with Gasteiger partial charge in [0.2, 0.25) is 17.7 Å². The van der Waals surface area contributed by atoms with Crippen molar-refractivity contribution in [3.8, 4) is 11.5 Å². The third kappa shape index (κ3) is 3.10. The fraction of sp³-hybridized carbons (Fsp3) is 0.276. The second-order valence-electron chi connectivity index (χ2n) is 10.1. The normalized spacial score (nSPS) is 27.1. The Balaban J connectivity index is 1.37. The van der Waals surface area contributed by atoms with Gasteiger partial charge in [0.25, 0.3) is 0 Å². The Hall–Kier alpha value is -3.88. The molecule has 0 aromatic heterocycles. The summed E-state index contributed by atoms with van der Waals surface area (Å²) in [4.78, 5) is 43.3. The monoisotopic (exact) mass is 529 g/mol. The maximum Gasteiger partial charge on any atom is 0.250 e. The lowest BCUT2D eigenvalue weighted by Gasteiger charge is -2.30. The highest BCUT2D eigenvalue weighted by Gasteiger charge is 2.70. The molecule has 4 heterocycles. The molecule has 4 aliphatic rings. The lowest BCUT2D eigenvalue weighted by atomic mass is 9.76. The molecule has 0 unspecified atom stereocenters. The summed E-state index contributed by atoms with van der Waals surface area (Å²) in [5.74, 6) is -1.75. The summed E-state index contributed by atoms with van der Waals surface area (Å²) in [7, 11) is 0. The Morgan fingerprint density at radius 1 is 0.974 bits per heavy atom. The van der Waals surface area contributed by atoms with Gasteiger partial charge in [-0.25, -0.2) is 4.90 Å². The number of carbonyl (C=O) groups is 3. The van der Waals surface area contributed by atoms with Crippen LogP contribution in [0.3, 0.4) is 0 Å². The van der Waals surface area contributed by atoms with Crippen molar-refractivity contribution in [1.29, 1.82) is 0 Å². The average Bonchev–Trinajstić information content (AvgIpc) is 3.51. The minimum atomic E-state index is -1.40. The van der Waals surface area contributed by atoms with Crippen molar-refractivity contribution < 1.29 is 23.9 Å². The summed E-state index contributed by atoms with van der Waals surface area (Å²) in [6.07, 6.45) is 0.479. The molecule has 7 rings (SSSR count). The fourth-order valence-corrected chi connectivity index (χ4v) is 6.62. The van der Waals surface area contributed by atoms with E-state index in [2.05, 4.69) is 10.6 Å². The van der Waals surface area contributed by atoms with E-state index in [0.717, 1.165) is 11.1 Å². The fourth-order valence-electron chi connectivity index (χ4n) is 6.46. The van der Waals surface area contributed by atoms with Crippen molar-refractivity contribution >= 4 is 40.7 Å². The summed E-state index contributed by atoms with van der Waals surface area (Å²) in [6, 6.07) is 17.9. The molecule has 1 spiro atoms. The molecule has 0 saturated carbocycles. The van der Waals surface area contributed by atoms with E-state index in [1.807, 2.05) is 37.3 Å². The number of hydrogen-bond acceptors (Lipinski definition) is 6. The van der Waals surface area contributed by atoms with Crippen LogP contribution in [0.25, 0.3) is 0 Å². The Morgan fingerprint density at radius 3 is 2.53 bits per heavy atom. The van der Waals surface area contributed by atoms with Crippen LogP contribution in [0.5, 0.6) is 11.5 Å². The predicted molar refractivity (Wildman–Crippen MR) is 140 cm³/mol. The maximum absolute atomic E-state index is 14.2. The van der Waals surface area contributed by atoms with Crippen LogP contribution in [-0.4, -0.2) is 37.0 Å². The molecule has 0 radical (unpaired) electrons. The van der Waals surface area contributed by atoms with E-state index in [4.69, 9.17) is 21.1 Å². The van der Waals surface area contributed by atoms with Gasteiger partial charge in [-0.1, -0.05) is 48.0 Å². The molecular formula is C29H24ClN3O5. The van der Waals surface area contributed by atoms with E-state index in [-0.39, 0.29) is 11.8 Å². The highest BCUT2D eigenvalue weighted by atomic mass is 35.5. The Morgan fingerprint density at radius 2 is 1.74 bits per heavy atom. The van der Waals surface area contributed by atoms with Crippen molar-refractivity contribution in [2.75, 3.05) is 23.4 Å². The Labute approximate surface area is 223 Å². The second kappa shape index (κ2) is 8.31. The number of nitrogens with zero attached hydrogens (tertiary/aromatic N) is 1. The third-order valence-electron chi connectivity index (χ3n) is 8.17. The minimum Gasteiger partial charge on any atom is -0.486 e. The number of hydrogen-bond donors (Lipinski definition) is 2. The van der Waals surface area contributed by atoms with Gasteiger partial charge in [0, 0.05) is 22.7 Å². The molecule has 9 heteroatoms. The van der Waals surface area contributed by atoms with Gasteiger partial charge in [-0.05, 0) is 42.7 Å². The van der Waals surface area contributed by atoms with Crippen molar-refractivity contribution in [3.63, 3.8) is 0 Å². The maximum atomic E-state index is 14.2. The molecular weight excluding hydrogens is 506 g/mol. The summed E-state index contributed by atoms with van der Waals surface area (Å²) < 4.78 is 11.3. The van der Waals surface area contributed by atoms with Gasteiger partial charge in [-0.3, -0.25) is 19.7 Å². The van der Waals surface area contributed by atoms with Crippen molar-refractivity contribution in [2.45, 2.75) is 24.9 Å². The number of fused-ring (bicyclic) bond motifs is 5. The number of carbonyl (C=O) groups excluding carboxylic acids is 3. The smallest absolute Gasteiger partial charge is 0.250 e. The van der Waals surface area contributed by atoms with Crippen LogP contribution in [0.1, 0.15) is 16.7 Å². The van der Waals surface area contributed by atoms with Gasteiger partial charge in [0.1, 0.15) is 18.8 Å². The van der Waals surface area contributed by atoms with Gasteiger partial charge < -0.3 is 14.8 Å². The molecule has 3 aromatic carbocycles. The molecule has 2 fully saturated rings. The predicted octanol–water partition coefficient (Wildman–Crippen LogP) is 3.59. The van der Waals surface area contributed by atoms with E-state index in [1.54, 1.807) is 30.3 Å². The van der Waals surface area contributed by atoms with Gasteiger partial charge >= 0.3 is 0 Å². The third-order valence-corrected chi connectivity index (χ3v) is 8.58. The quantitative estimate of drug-likeness (QED) is 0.503. The first-order valence-electron chi connectivity index (χ1n) is 12.6. The van der Waals surface area contributed by atoms with E-state index in [9.17, 15) is 14.4 Å². The average molecular weight is 530 g/mol. The van der Waals surface area contributed by atoms with Crippen molar-refractivity contribution in [1.82, 2.24) is 5.32 Å². The van der Waals surface area contributed by atoms with Crippen LogP contribution in [0.2, 0.25) is 5.02 Å². The van der Waals surface area contributed by atoms with Gasteiger partial charge in [0.15, 0.2) is 11.5 Å². The number of amides is 3. The highest BCUT2D eigenvalue weighted by molar-refractivity contribution is 6.32. The largest absolute Gasteiger partial charge is 0.486 e. The summed E-state index contributed by atoms with van der Waals surface area (Å²) in [6.45, 7) is 2.65. The molecule has 0 bridgehead atoms. The molecule has 38 heavy (non-hydrogen) atoms. The topological polar surface area (TPSA) is 97.0 Å². The van der Waals surface area contributed by atoms with Gasteiger partial charge in [-0.15, -0.1) is 0 Å². The first-order valence-corrected chi connectivity index (χ1v) is 13.0. The standard InChI is InChI=1S/C29H24ClN3O5/c1-15-19(30)9-8-18-25(15)31-28(36)29(18)24-23(20(32-29)13-16-5-3-2-4-6-16)26(34)33(27(24)35)17-7-10-21-22(14-17)38-12-11-37-21/h2-10,14,20,23-24,32H,11-13H2,1H3,(H,31,36)/t20-,23+,24+,29+/m0/s1. The Kier molecular flexibility index (Phi) is 5.09. The first kappa shape index (κ1) is 23.3. The van der Waals surface area contributed by atoms with Crippen LogP contribution in [0.4, 0.5) is 11.4 Å². The molecule has 3 amide bonds. The molecule has 3 aromatic rings. The number of nitrogens with one attached hydrogen (secondary N) is 2. The van der Waals surface area contributed by atoms with Gasteiger partial charge in [-0.2, -0.15) is 0 Å².